The van der Waals surface area contributed by atoms with E-state index in [0.29, 0.717) is 6.01 Å². The second kappa shape index (κ2) is 5.98. The van der Waals surface area contributed by atoms with Crippen LogP contribution < -0.4 is 9.80 Å². The van der Waals surface area contributed by atoms with Crippen LogP contribution in [-0.2, 0) is 6.54 Å². The van der Waals surface area contributed by atoms with E-state index in [4.69, 9.17) is 4.42 Å². The summed E-state index contributed by atoms with van der Waals surface area (Å²) in [5.41, 5.74) is 3.48. The van der Waals surface area contributed by atoms with Gasteiger partial charge in [0.2, 0.25) is 0 Å². The first-order valence-corrected chi connectivity index (χ1v) is 8.85. The molecule has 5 rings (SSSR count). The highest BCUT2D eigenvalue weighted by Gasteiger charge is 2.24. The van der Waals surface area contributed by atoms with Gasteiger partial charge in [-0.1, -0.05) is 12.1 Å². The minimum absolute atomic E-state index is 0.689. The monoisotopic (exact) mass is 349 g/mol. The molecular weight excluding hydrogens is 330 g/mol. The van der Waals surface area contributed by atoms with Crippen LogP contribution in [0.4, 0.5) is 11.8 Å². The maximum Gasteiger partial charge on any atom is 0.298 e. The third-order valence-electron chi connectivity index (χ3n) is 4.85. The zero-order valence-electron chi connectivity index (χ0n) is 14.5. The Morgan fingerprint density at radius 1 is 1.00 bits per heavy atom. The summed E-state index contributed by atoms with van der Waals surface area (Å²) in [5, 5.41) is 0. The van der Waals surface area contributed by atoms with Crippen molar-refractivity contribution in [1.82, 2.24) is 24.5 Å². The van der Waals surface area contributed by atoms with Gasteiger partial charge in [-0.15, -0.1) is 0 Å². The molecule has 1 aliphatic heterocycles. The van der Waals surface area contributed by atoms with E-state index in [2.05, 4.69) is 36.7 Å². The highest BCUT2D eigenvalue weighted by atomic mass is 16.4. The minimum Gasteiger partial charge on any atom is -0.423 e. The van der Waals surface area contributed by atoms with E-state index < -0.39 is 0 Å². The summed E-state index contributed by atoms with van der Waals surface area (Å²) >= 11 is 0. The maximum absolute atomic E-state index is 5.89. The van der Waals surface area contributed by atoms with Gasteiger partial charge in [0.25, 0.3) is 6.01 Å². The highest BCUT2D eigenvalue weighted by Crippen LogP contribution is 2.26. The number of rotatable bonds is 3. The molecule has 3 aromatic heterocycles. The molecule has 4 heterocycles. The largest absolute Gasteiger partial charge is 0.423 e. The molecule has 1 aliphatic rings. The fraction of sp³-hybridized carbons (Fsp3) is 0.333. The number of hydrogen-bond acceptors (Lipinski definition) is 7. The summed E-state index contributed by atoms with van der Waals surface area (Å²) in [5.74, 6) is 0.902. The van der Waals surface area contributed by atoms with Gasteiger partial charge in [0.05, 0.1) is 6.33 Å². The fourth-order valence-electron chi connectivity index (χ4n) is 3.44. The van der Waals surface area contributed by atoms with Crippen LogP contribution in [-0.4, -0.2) is 50.7 Å². The number of aromatic nitrogens is 5. The van der Waals surface area contributed by atoms with Crippen molar-refractivity contribution in [2.45, 2.75) is 13.5 Å². The van der Waals surface area contributed by atoms with Crippen LogP contribution in [0.5, 0.6) is 0 Å². The summed E-state index contributed by atoms with van der Waals surface area (Å²) in [6.45, 7) is 6.26. The Morgan fingerprint density at radius 3 is 2.62 bits per heavy atom. The lowest BCUT2D eigenvalue weighted by molar-refractivity contribution is 0.541. The Morgan fingerprint density at radius 2 is 1.81 bits per heavy atom. The molecule has 1 aromatic carbocycles. The molecule has 0 radical (unpaired) electrons. The number of aryl methyl sites for hydroxylation is 1. The molecule has 1 fully saturated rings. The maximum atomic E-state index is 5.89. The number of anilines is 2. The Kier molecular flexibility index (Phi) is 3.48. The topological polar surface area (TPSA) is 76.1 Å². The molecule has 0 spiro atoms. The smallest absolute Gasteiger partial charge is 0.298 e. The molecule has 0 N–H and O–H groups in total. The van der Waals surface area contributed by atoms with Crippen molar-refractivity contribution < 1.29 is 4.42 Å². The standard InChI is InChI=1S/C18H19N7O/c1-2-23-12-21-15-16(23)19-11-20-17(15)24-7-9-25(10-8-24)18-22-13-5-3-4-6-14(13)26-18/h3-6,11-12H,2,7-10H2,1H3. The number of imidazole rings is 1. The second-order valence-electron chi connectivity index (χ2n) is 6.34. The van der Waals surface area contributed by atoms with Crippen LogP contribution in [0.15, 0.2) is 41.3 Å². The third-order valence-corrected chi connectivity index (χ3v) is 4.85. The SMILES string of the molecule is CCn1cnc2c(N3CCN(c4nc5ccccc5o4)CC3)ncnc21. The van der Waals surface area contributed by atoms with Crippen molar-refractivity contribution in [3.8, 4) is 0 Å². The third kappa shape index (κ3) is 2.37. The zero-order valence-corrected chi connectivity index (χ0v) is 14.5. The number of nitrogens with zero attached hydrogens (tertiary/aromatic N) is 7. The lowest BCUT2D eigenvalue weighted by Gasteiger charge is -2.34. The summed E-state index contributed by atoms with van der Waals surface area (Å²) in [6.07, 6.45) is 3.45. The summed E-state index contributed by atoms with van der Waals surface area (Å²) in [7, 11) is 0. The van der Waals surface area contributed by atoms with E-state index in [9.17, 15) is 0 Å². The molecule has 26 heavy (non-hydrogen) atoms. The molecule has 0 atom stereocenters. The number of piperazine rings is 1. The average Bonchev–Trinajstić information content (AvgIpc) is 3.31. The molecule has 0 aliphatic carbocycles. The molecule has 0 amide bonds. The first-order valence-electron chi connectivity index (χ1n) is 8.85. The van der Waals surface area contributed by atoms with E-state index in [1.165, 1.54) is 0 Å². The van der Waals surface area contributed by atoms with Crippen molar-refractivity contribution in [3.63, 3.8) is 0 Å². The van der Waals surface area contributed by atoms with E-state index in [0.717, 1.165) is 60.8 Å². The van der Waals surface area contributed by atoms with Gasteiger partial charge in [-0.25, -0.2) is 15.0 Å². The average molecular weight is 349 g/mol. The number of benzene rings is 1. The van der Waals surface area contributed by atoms with Gasteiger partial charge >= 0.3 is 0 Å². The first kappa shape index (κ1) is 15.1. The van der Waals surface area contributed by atoms with Crippen LogP contribution in [0.2, 0.25) is 0 Å². The Hall–Kier alpha value is -3.16. The van der Waals surface area contributed by atoms with Crippen LogP contribution in [0, 0.1) is 0 Å². The van der Waals surface area contributed by atoms with Gasteiger partial charge in [0, 0.05) is 32.7 Å². The van der Waals surface area contributed by atoms with Crippen molar-refractivity contribution in [2.24, 2.45) is 0 Å². The Bertz CT molecular complexity index is 1030. The number of oxazole rings is 1. The van der Waals surface area contributed by atoms with Gasteiger partial charge in [-0.2, -0.15) is 4.98 Å². The van der Waals surface area contributed by atoms with Crippen LogP contribution in [0.3, 0.4) is 0 Å². The molecule has 0 bridgehead atoms. The van der Waals surface area contributed by atoms with Crippen molar-refractivity contribution in [1.29, 1.82) is 0 Å². The Labute approximate surface area is 150 Å². The van der Waals surface area contributed by atoms with Crippen LogP contribution in [0.25, 0.3) is 22.3 Å². The van der Waals surface area contributed by atoms with Gasteiger partial charge < -0.3 is 18.8 Å². The lowest BCUT2D eigenvalue weighted by Crippen LogP contribution is -2.47. The molecule has 1 saturated heterocycles. The predicted octanol–water partition coefficient (Wildman–Crippen LogP) is 2.31. The summed E-state index contributed by atoms with van der Waals surface area (Å²) in [4.78, 5) is 22.4. The van der Waals surface area contributed by atoms with Crippen LogP contribution in [0.1, 0.15) is 6.92 Å². The second-order valence-corrected chi connectivity index (χ2v) is 6.34. The first-order chi connectivity index (χ1) is 12.8. The van der Waals surface area contributed by atoms with E-state index in [1.54, 1.807) is 6.33 Å². The molecule has 8 heteroatoms. The van der Waals surface area contributed by atoms with E-state index in [1.807, 2.05) is 35.2 Å². The number of fused-ring (bicyclic) bond motifs is 2. The fourth-order valence-corrected chi connectivity index (χ4v) is 3.44. The molecule has 132 valence electrons. The normalized spacial score (nSPS) is 15.3. The van der Waals surface area contributed by atoms with Crippen molar-refractivity contribution >= 4 is 34.1 Å². The highest BCUT2D eigenvalue weighted by molar-refractivity contribution is 5.83. The summed E-state index contributed by atoms with van der Waals surface area (Å²) < 4.78 is 7.93. The van der Waals surface area contributed by atoms with E-state index >= 15 is 0 Å². The quantitative estimate of drug-likeness (QED) is 0.562. The van der Waals surface area contributed by atoms with Gasteiger partial charge in [0.15, 0.2) is 22.6 Å². The molecule has 4 aromatic rings. The number of para-hydroxylation sites is 2. The summed E-state index contributed by atoms with van der Waals surface area (Å²) in [6, 6.07) is 8.55. The van der Waals surface area contributed by atoms with Gasteiger partial charge in [-0.3, -0.25) is 0 Å². The van der Waals surface area contributed by atoms with Crippen molar-refractivity contribution in [3.05, 3.63) is 36.9 Å². The van der Waals surface area contributed by atoms with Gasteiger partial charge in [0.1, 0.15) is 11.8 Å². The molecule has 0 saturated carbocycles. The van der Waals surface area contributed by atoms with Crippen molar-refractivity contribution in [2.75, 3.05) is 36.0 Å². The van der Waals surface area contributed by atoms with E-state index in [-0.39, 0.29) is 0 Å². The number of hydrogen-bond donors (Lipinski definition) is 0. The minimum atomic E-state index is 0.689. The van der Waals surface area contributed by atoms with Crippen LogP contribution >= 0.6 is 0 Å². The van der Waals surface area contributed by atoms with Gasteiger partial charge in [-0.05, 0) is 19.1 Å². The molecule has 8 nitrogen and oxygen atoms in total. The molecule has 0 unspecified atom stereocenters. The Balaban J connectivity index is 1.38. The zero-order chi connectivity index (χ0) is 17.5. The lowest BCUT2D eigenvalue weighted by atomic mass is 10.3. The predicted molar refractivity (Wildman–Crippen MR) is 99.4 cm³/mol. The molecular formula is C18H19N7O.